The van der Waals surface area contributed by atoms with Crippen molar-refractivity contribution in [3.63, 3.8) is 0 Å². The molecule has 2 aromatic rings. The summed E-state index contributed by atoms with van der Waals surface area (Å²) in [6, 6.07) is 0. The number of halogens is 4. The fraction of sp³-hybridized carbons (Fsp3) is 0.500. The van der Waals surface area contributed by atoms with E-state index in [-0.39, 0.29) is 5.92 Å². The van der Waals surface area contributed by atoms with Gasteiger partial charge in [0.25, 0.3) is 0 Å². The molecule has 0 radical (unpaired) electrons. The molecule has 0 bridgehead atoms. The van der Waals surface area contributed by atoms with Crippen LogP contribution in [0, 0.1) is 5.92 Å². The van der Waals surface area contributed by atoms with E-state index in [1.807, 2.05) is 11.9 Å². The van der Waals surface area contributed by atoms with E-state index < -0.39 is 11.9 Å². The van der Waals surface area contributed by atoms with Crippen LogP contribution in [0.25, 0.3) is 0 Å². The number of fused-ring (bicyclic) bond motifs is 1. The molecule has 0 fully saturated rings. The molecule has 3 rings (SSSR count). The van der Waals surface area contributed by atoms with Gasteiger partial charge in [0.05, 0.1) is 17.4 Å². The number of hydrogen-bond acceptors (Lipinski definition) is 4. The maximum Gasteiger partial charge on any atom is 0.434 e. The Morgan fingerprint density at radius 3 is 2.70 bits per heavy atom. The Hall–Kier alpha value is -1.83. The summed E-state index contributed by atoms with van der Waals surface area (Å²) in [5.41, 5.74) is -0.817. The van der Waals surface area contributed by atoms with Crippen molar-refractivity contribution >= 4 is 17.5 Å². The normalized spacial score (nSPS) is 17.9. The SMILES string of the molecule is CN(C[C@@H]1CCc2nc(C(F)(F)F)cn2C1)c1ncc(Cl)cn1. The smallest absolute Gasteiger partial charge is 0.344 e. The van der Waals surface area contributed by atoms with Gasteiger partial charge in [0, 0.05) is 32.8 Å². The van der Waals surface area contributed by atoms with Gasteiger partial charge < -0.3 is 9.47 Å². The summed E-state index contributed by atoms with van der Waals surface area (Å²) < 4.78 is 39.8. The Labute approximate surface area is 136 Å². The number of nitrogens with zero attached hydrogens (tertiary/aromatic N) is 5. The van der Waals surface area contributed by atoms with Crippen LogP contribution in [0.1, 0.15) is 17.9 Å². The summed E-state index contributed by atoms with van der Waals surface area (Å²) in [6.45, 7) is 1.16. The van der Waals surface area contributed by atoms with Crippen molar-refractivity contribution in [2.45, 2.75) is 25.6 Å². The first kappa shape index (κ1) is 16.0. The Kier molecular flexibility index (Phi) is 4.18. The van der Waals surface area contributed by atoms with E-state index in [0.717, 1.165) is 12.6 Å². The molecule has 23 heavy (non-hydrogen) atoms. The molecule has 5 nitrogen and oxygen atoms in total. The van der Waals surface area contributed by atoms with Gasteiger partial charge in [0.15, 0.2) is 5.69 Å². The van der Waals surface area contributed by atoms with Crippen molar-refractivity contribution in [3.05, 3.63) is 35.1 Å². The third-order valence-electron chi connectivity index (χ3n) is 3.86. The van der Waals surface area contributed by atoms with Crippen LogP contribution in [0.3, 0.4) is 0 Å². The van der Waals surface area contributed by atoms with Gasteiger partial charge >= 0.3 is 6.18 Å². The molecule has 0 aromatic carbocycles. The highest BCUT2D eigenvalue weighted by Gasteiger charge is 2.35. The molecule has 2 aromatic heterocycles. The van der Waals surface area contributed by atoms with E-state index in [1.165, 1.54) is 12.4 Å². The first-order valence-electron chi connectivity index (χ1n) is 7.15. The lowest BCUT2D eigenvalue weighted by Crippen LogP contribution is -2.32. The minimum atomic E-state index is -4.40. The van der Waals surface area contributed by atoms with Crippen LogP contribution in [-0.4, -0.2) is 33.1 Å². The third kappa shape index (κ3) is 3.57. The second kappa shape index (κ2) is 5.99. The van der Waals surface area contributed by atoms with Crippen molar-refractivity contribution < 1.29 is 13.2 Å². The van der Waals surface area contributed by atoms with Gasteiger partial charge in [-0.05, 0) is 12.3 Å². The predicted octanol–water partition coefficient (Wildman–Crippen LogP) is 3.04. The lowest BCUT2D eigenvalue weighted by Gasteiger charge is -2.28. The maximum absolute atomic E-state index is 12.7. The molecule has 1 aliphatic heterocycles. The summed E-state index contributed by atoms with van der Waals surface area (Å²) >= 11 is 5.76. The van der Waals surface area contributed by atoms with Crippen LogP contribution in [0.5, 0.6) is 0 Å². The number of alkyl halides is 3. The van der Waals surface area contributed by atoms with Crippen molar-refractivity contribution in [3.8, 4) is 0 Å². The van der Waals surface area contributed by atoms with Crippen LogP contribution in [0.4, 0.5) is 19.1 Å². The second-order valence-corrected chi connectivity index (χ2v) is 6.12. The van der Waals surface area contributed by atoms with Gasteiger partial charge in [0.2, 0.25) is 5.95 Å². The highest BCUT2D eigenvalue weighted by atomic mass is 35.5. The molecule has 1 atom stereocenters. The molecule has 0 saturated carbocycles. The average Bonchev–Trinajstić information content (AvgIpc) is 2.91. The molecule has 1 aliphatic rings. The number of rotatable bonds is 3. The van der Waals surface area contributed by atoms with Crippen LogP contribution in [-0.2, 0) is 19.1 Å². The molecule has 0 N–H and O–H groups in total. The van der Waals surface area contributed by atoms with Gasteiger partial charge in [0.1, 0.15) is 5.82 Å². The number of aromatic nitrogens is 4. The monoisotopic (exact) mass is 345 g/mol. The number of hydrogen-bond donors (Lipinski definition) is 0. The predicted molar refractivity (Wildman–Crippen MR) is 79.4 cm³/mol. The van der Waals surface area contributed by atoms with Crippen molar-refractivity contribution in [2.75, 3.05) is 18.5 Å². The quantitative estimate of drug-likeness (QED) is 0.858. The summed E-state index contributed by atoms with van der Waals surface area (Å²) in [5.74, 6) is 1.25. The molecule has 0 unspecified atom stereocenters. The lowest BCUT2D eigenvalue weighted by molar-refractivity contribution is -0.141. The standard InChI is InChI=1S/C14H15ClF3N5/c1-22(13-19-4-10(15)5-20-13)6-9-2-3-12-21-11(14(16,17)18)8-23(12)7-9/h4-5,8-9H,2-3,6-7H2,1H3/t9-/m0/s1. The third-order valence-corrected chi connectivity index (χ3v) is 4.06. The maximum atomic E-state index is 12.7. The topological polar surface area (TPSA) is 46.8 Å². The molecule has 9 heteroatoms. The lowest BCUT2D eigenvalue weighted by atomic mass is 9.99. The zero-order valence-corrected chi connectivity index (χ0v) is 13.1. The summed E-state index contributed by atoms with van der Waals surface area (Å²) in [4.78, 5) is 13.8. The molecule has 3 heterocycles. The van der Waals surface area contributed by atoms with E-state index in [4.69, 9.17) is 11.6 Å². The Morgan fingerprint density at radius 1 is 1.35 bits per heavy atom. The van der Waals surface area contributed by atoms with Crippen LogP contribution >= 0.6 is 11.6 Å². The van der Waals surface area contributed by atoms with Crippen molar-refractivity contribution in [1.82, 2.24) is 19.5 Å². The second-order valence-electron chi connectivity index (χ2n) is 5.68. The molecule has 0 amide bonds. The van der Waals surface area contributed by atoms with E-state index >= 15 is 0 Å². The first-order valence-corrected chi connectivity index (χ1v) is 7.52. The average molecular weight is 346 g/mol. The van der Waals surface area contributed by atoms with Crippen LogP contribution < -0.4 is 4.90 Å². The van der Waals surface area contributed by atoms with E-state index in [2.05, 4.69) is 15.0 Å². The molecule has 124 valence electrons. The van der Waals surface area contributed by atoms with E-state index in [1.54, 1.807) is 4.57 Å². The van der Waals surface area contributed by atoms with E-state index in [9.17, 15) is 13.2 Å². The Morgan fingerprint density at radius 2 is 2.04 bits per heavy atom. The van der Waals surface area contributed by atoms with Crippen molar-refractivity contribution in [1.29, 1.82) is 0 Å². The summed E-state index contributed by atoms with van der Waals surface area (Å²) in [6.07, 6.45) is 1.06. The van der Waals surface area contributed by atoms with Crippen LogP contribution in [0.2, 0.25) is 5.02 Å². The molecule has 0 saturated heterocycles. The molecule has 0 aliphatic carbocycles. The highest BCUT2D eigenvalue weighted by molar-refractivity contribution is 6.30. The molecular weight excluding hydrogens is 331 g/mol. The minimum absolute atomic E-state index is 0.210. The number of imidazole rings is 1. The molecule has 0 spiro atoms. The fourth-order valence-electron chi connectivity index (χ4n) is 2.77. The van der Waals surface area contributed by atoms with Gasteiger partial charge in [-0.1, -0.05) is 11.6 Å². The summed E-state index contributed by atoms with van der Waals surface area (Å²) in [7, 11) is 1.85. The van der Waals surface area contributed by atoms with Gasteiger partial charge in [-0.25, -0.2) is 15.0 Å². The summed E-state index contributed by atoms with van der Waals surface area (Å²) in [5, 5.41) is 0.461. The van der Waals surface area contributed by atoms with Gasteiger partial charge in [-0.15, -0.1) is 0 Å². The largest absolute Gasteiger partial charge is 0.434 e. The Bertz CT molecular complexity index is 683. The first-order chi connectivity index (χ1) is 10.8. The van der Waals surface area contributed by atoms with Crippen molar-refractivity contribution in [2.24, 2.45) is 5.92 Å². The number of aryl methyl sites for hydroxylation is 1. The fourth-order valence-corrected chi connectivity index (χ4v) is 2.87. The van der Waals surface area contributed by atoms with Gasteiger partial charge in [-0.2, -0.15) is 13.2 Å². The highest BCUT2D eigenvalue weighted by Crippen LogP contribution is 2.31. The number of anilines is 1. The molecular formula is C14H15ClF3N5. The van der Waals surface area contributed by atoms with Gasteiger partial charge in [-0.3, -0.25) is 0 Å². The minimum Gasteiger partial charge on any atom is -0.344 e. The Balaban J connectivity index is 1.67. The van der Waals surface area contributed by atoms with E-state index in [0.29, 0.717) is 36.3 Å². The zero-order valence-electron chi connectivity index (χ0n) is 12.4. The zero-order chi connectivity index (χ0) is 16.6. The van der Waals surface area contributed by atoms with Crippen LogP contribution in [0.15, 0.2) is 18.6 Å².